The van der Waals surface area contributed by atoms with E-state index >= 15 is 0 Å². The molecule has 0 aliphatic carbocycles. The Morgan fingerprint density at radius 1 is 1.09 bits per heavy atom. The number of imide groups is 1. The molecule has 0 fully saturated rings. The van der Waals surface area contributed by atoms with Crippen molar-refractivity contribution in [3.63, 3.8) is 0 Å². The van der Waals surface area contributed by atoms with Crippen LogP contribution in [-0.4, -0.2) is 29.5 Å². The van der Waals surface area contributed by atoms with Crippen molar-refractivity contribution in [2.24, 2.45) is 0 Å². The Morgan fingerprint density at radius 2 is 1.74 bits per heavy atom. The summed E-state index contributed by atoms with van der Waals surface area (Å²) >= 11 is 7.74. The summed E-state index contributed by atoms with van der Waals surface area (Å²) in [5.41, 5.74) is 0.618. The third-order valence-corrected chi connectivity index (χ3v) is 6.02. The fraction of sp³-hybridized carbons (Fsp3) is 0.222. The molecule has 23 heavy (non-hydrogen) atoms. The molecule has 0 N–H and O–H groups in total. The average molecular weight is 346 g/mol. The fourth-order valence-corrected chi connectivity index (χ4v) is 4.24. The van der Waals surface area contributed by atoms with Gasteiger partial charge in [0.05, 0.1) is 10.4 Å². The quantitative estimate of drug-likeness (QED) is 0.623. The van der Waals surface area contributed by atoms with E-state index in [4.69, 9.17) is 11.6 Å². The second-order valence-corrected chi connectivity index (χ2v) is 7.19. The molecule has 0 spiro atoms. The highest BCUT2D eigenvalue weighted by Crippen LogP contribution is 2.39. The Labute approximate surface area is 144 Å². The van der Waals surface area contributed by atoms with Gasteiger partial charge < -0.3 is 0 Å². The molecule has 0 radical (unpaired) electrons. The molecule has 0 aromatic heterocycles. The monoisotopic (exact) mass is 345 g/mol. The number of nitrogens with zero attached hydrogens (tertiary/aromatic N) is 1. The number of hydrogen-bond acceptors (Lipinski definition) is 3. The van der Waals surface area contributed by atoms with E-state index in [2.05, 4.69) is 0 Å². The van der Waals surface area contributed by atoms with Crippen molar-refractivity contribution in [3.8, 4) is 0 Å². The van der Waals surface area contributed by atoms with Crippen molar-refractivity contribution >= 4 is 35.2 Å². The predicted octanol–water partition coefficient (Wildman–Crippen LogP) is 4.00. The zero-order chi connectivity index (χ0) is 16.6. The molecule has 3 nitrogen and oxygen atoms in total. The maximum atomic E-state index is 12.8. The molecule has 2 amide bonds. The molecule has 3 rings (SSSR count). The summed E-state index contributed by atoms with van der Waals surface area (Å²) in [5, 5.41) is 0.669. The minimum Gasteiger partial charge on any atom is -0.281 e. The molecule has 2 aromatic rings. The van der Waals surface area contributed by atoms with Crippen molar-refractivity contribution in [2.75, 3.05) is 12.8 Å². The molecule has 0 bridgehead atoms. The molecule has 0 saturated carbocycles. The van der Waals surface area contributed by atoms with E-state index in [1.165, 1.54) is 16.7 Å². The number of fused-ring (bicyclic) bond motifs is 1. The van der Waals surface area contributed by atoms with Crippen LogP contribution in [0.3, 0.4) is 0 Å². The van der Waals surface area contributed by atoms with Gasteiger partial charge in [0.25, 0.3) is 5.91 Å². The number of amides is 2. The molecule has 118 valence electrons. The predicted molar refractivity (Wildman–Crippen MR) is 93.1 cm³/mol. The number of hydrogen-bond donors (Lipinski definition) is 0. The molecular weight excluding hydrogens is 330 g/mol. The van der Waals surface area contributed by atoms with E-state index < -0.39 is 5.41 Å². The van der Waals surface area contributed by atoms with Gasteiger partial charge in [-0.05, 0) is 30.7 Å². The summed E-state index contributed by atoms with van der Waals surface area (Å²) in [6, 6.07) is 14.9. The zero-order valence-electron chi connectivity index (χ0n) is 12.9. The number of benzene rings is 2. The van der Waals surface area contributed by atoms with Gasteiger partial charge >= 0.3 is 0 Å². The van der Waals surface area contributed by atoms with Gasteiger partial charge in [0.15, 0.2) is 0 Å². The van der Waals surface area contributed by atoms with Crippen LogP contribution in [-0.2, 0) is 10.2 Å². The van der Waals surface area contributed by atoms with E-state index in [1.54, 1.807) is 13.1 Å². The number of rotatable bonds is 3. The van der Waals surface area contributed by atoms with Crippen LogP contribution in [0.4, 0.5) is 0 Å². The van der Waals surface area contributed by atoms with E-state index in [9.17, 15) is 9.59 Å². The molecule has 1 aliphatic rings. The van der Waals surface area contributed by atoms with Gasteiger partial charge in [-0.2, -0.15) is 0 Å². The number of carbonyl (C=O) groups excluding carboxylic acids is 2. The van der Waals surface area contributed by atoms with Gasteiger partial charge in [-0.25, -0.2) is 0 Å². The van der Waals surface area contributed by atoms with Crippen molar-refractivity contribution in [1.29, 1.82) is 0 Å². The number of likely N-dealkylation sites (N-methyl/N-ethyl adjacent to an activating group) is 1. The van der Waals surface area contributed by atoms with Crippen LogP contribution >= 0.6 is 23.4 Å². The number of carbonyl (C=O) groups is 2. The highest BCUT2D eigenvalue weighted by atomic mass is 35.5. The lowest BCUT2D eigenvalue weighted by Crippen LogP contribution is -2.52. The van der Waals surface area contributed by atoms with Crippen molar-refractivity contribution < 1.29 is 9.59 Å². The summed E-state index contributed by atoms with van der Waals surface area (Å²) in [7, 11) is 1.54. The molecule has 1 heterocycles. The van der Waals surface area contributed by atoms with Crippen LogP contribution in [0.5, 0.6) is 0 Å². The maximum absolute atomic E-state index is 12.8. The van der Waals surface area contributed by atoms with Gasteiger partial charge in [-0.3, -0.25) is 14.5 Å². The molecule has 1 unspecified atom stereocenters. The Hall–Kier alpha value is -1.78. The molecule has 0 saturated heterocycles. The Kier molecular flexibility index (Phi) is 4.21. The second-order valence-electron chi connectivity index (χ2n) is 5.77. The number of thioether (sulfide) groups is 1. The summed E-state index contributed by atoms with van der Waals surface area (Å²) < 4.78 is 0. The van der Waals surface area contributed by atoms with E-state index in [0.717, 1.165) is 10.5 Å². The largest absolute Gasteiger partial charge is 0.281 e. The minimum absolute atomic E-state index is 0.180. The zero-order valence-corrected chi connectivity index (χ0v) is 14.4. The molecule has 1 aliphatic heterocycles. The topological polar surface area (TPSA) is 37.4 Å². The van der Waals surface area contributed by atoms with Crippen LogP contribution in [0.2, 0.25) is 5.02 Å². The van der Waals surface area contributed by atoms with Crippen LogP contribution in [0.25, 0.3) is 0 Å². The normalized spacial score (nSPS) is 20.6. The maximum Gasteiger partial charge on any atom is 0.260 e. The van der Waals surface area contributed by atoms with E-state index in [-0.39, 0.29) is 11.8 Å². The summed E-state index contributed by atoms with van der Waals surface area (Å²) in [5.74, 6) is 0.0936. The summed E-state index contributed by atoms with van der Waals surface area (Å²) in [6.07, 6.45) is 0. The fourth-order valence-electron chi connectivity index (χ4n) is 2.83. The third-order valence-electron chi connectivity index (χ3n) is 4.19. The standard InChI is InChI=1S/C18H16ClNO2S/c1-18(11-23-15-10-6-5-9-14(15)19)13-8-4-3-7-12(13)16(21)20(2)17(18)22/h3-10H,11H2,1-2H3. The smallest absolute Gasteiger partial charge is 0.260 e. The van der Waals surface area contributed by atoms with E-state index in [1.807, 2.05) is 49.4 Å². The first kappa shape index (κ1) is 16.1. The van der Waals surface area contributed by atoms with Crippen molar-refractivity contribution in [2.45, 2.75) is 17.2 Å². The van der Waals surface area contributed by atoms with Gasteiger partial charge in [-0.15, -0.1) is 11.8 Å². The Balaban J connectivity index is 1.99. The Bertz CT molecular complexity index is 792. The van der Waals surface area contributed by atoms with Gasteiger partial charge in [0.2, 0.25) is 5.91 Å². The molecule has 5 heteroatoms. The lowest BCUT2D eigenvalue weighted by Gasteiger charge is -2.38. The van der Waals surface area contributed by atoms with Crippen molar-refractivity contribution in [3.05, 3.63) is 64.7 Å². The van der Waals surface area contributed by atoms with Gasteiger partial charge in [-0.1, -0.05) is 41.9 Å². The van der Waals surface area contributed by atoms with Crippen LogP contribution in [0.1, 0.15) is 22.8 Å². The first-order valence-corrected chi connectivity index (χ1v) is 8.61. The first-order valence-electron chi connectivity index (χ1n) is 7.24. The average Bonchev–Trinajstić information content (AvgIpc) is 2.58. The Morgan fingerprint density at radius 3 is 2.48 bits per heavy atom. The molecule has 1 atom stereocenters. The summed E-state index contributed by atoms with van der Waals surface area (Å²) in [6.45, 7) is 1.89. The number of halogens is 1. The lowest BCUT2D eigenvalue weighted by atomic mass is 9.77. The molecular formula is C18H16ClNO2S. The van der Waals surface area contributed by atoms with Gasteiger partial charge in [0, 0.05) is 23.3 Å². The summed E-state index contributed by atoms with van der Waals surface area (Å²) in [4.78, 5) is 27.3. The molecule has 2 aromatic carbocycles. The third kappa shape index (κ3) is 2.66. The SMILES string of the molecule is CN1C(=O)c2ccccc2C(C)(CSc2ccccc2Cl)C1=O. The highest BCUT2D eigenvalue weighted by Gasteiger charge is 2.45. The first-order chi connectivity index (χ1) is 10.9. The minimum atomic E-state index is -0.761. The van der Waals surface area contributed by atoms with E-state index in [0.29, 0.717) is 16.3 Å². The van der Waals surface area contributed by atoms with Crippen LogP contribution in [0, 0.1) is 0 Å². The van der Waals surface area contributed by atoms with Crippen molar-refractivity contribution in [1.82, 2.24) is 4.90 Å². The van der Waals surface area contributed by atoms with Crippen LogP contribution in [0.15, 0.2) is 53.4 Å². The van der Waals surface area contributed by atoms with Gasteiger partial charge in [0.1, 0.15) is 0 Å². The highest BCUT2D eigenvalue weighted by molar-refractivity contribution is 7.99. The van der Waals surface area contributed by atoms with Crippen LogP contribution < -0.4 is 0 Å². The second kappa shape index (κ2) is 6.02. The lowest BCUT2D eigenvalue weighted by molar-refractivity contribution is -0.132.